The fourth-order valence-corrected chi connectivity index (χ4v) is 1.90. The molecule has 1 saturated heterocycles. The van der Waals surface area contributed by atoms with Gasteiger partial charge in [0.2, 0.25) is 0 Å². The number of carbonyl (C=O) groups is 2. The second-order valence-electron chi connectivity index (χ2n) is 4.70. The molecule has 0 saturated carbocycles. The first-order valence-corrected chi connectivity index (χ1v) is 6.11. The Bertz CT molecular complexity index is 273. The zero-order chi connectivity index (χ0) is 12.8. The molecule has 0 spiro atoms. The number of hydrogen-bond donors (Lipinski definition) is 0. The molecule has 17 heavy (non-hydrogen) atoms. The Morgan fingerprint density at radius 1 is 1.35 bits per heavy atom. The van der Waals surface area contributed by atoms with Crippen LogP contribution >= 0.6 is 0 Å². The molecule has 0 N–H and O–H groups in total. The second-order valence-corrected chi connectivity index (χ2v) is 4.70. The Kier molecular flexibility index (Phi) is 5.25. The molecule has 1 aliphatic heterocycles. The molecule has 0 unspecified atom stereocenters. The molecule has 0 aromatic rings. The first kappa shape index (κ1) is 13.8. The van der Waals surface area contributed by atoms with Crippen LogP contribution in [0.1, 0.15) is 26.2 Å². The summed E-state index contributed by atoms with van der Waals surface area (Å²) in [5.41, 5.74) is 0. The summed E-state index contributed by atoms with van der Waals surface area (Å²) in [7, 11) is 3.08. The number of methoxy groups -OCH3 is 1. The molecule has 0 bridgehead atoms. The third-order valence-corrected chi connectivity index (χ3v) is 3.26. The minimum absolute atomic E-state index is 0.0146. The largest absolute Gasteiger partial charge is 0.469 e. The maximum Gasteiger partial charge on any atom is 0.319 e. The van der Waals surface area contributed by atoms with E-state index in [9.17, 15) is 9.59 Å². The van der Waals surface area contributed by atoms with Gasteiger partial charge in [-0.05, 0) is 18.8 Å². The lowest BCUT2D eigenvalue weighted by atomic mass is 10.00. The highest BCUT2D eigenvalue weighted by molar-refractivity contribution is 5.75. The smallest absolute Gasteiger partial charge is 0.319 e. The van der Waals surface area contributed by atoms with Gasteiger partial charge in [-0.1, -0.05) is 6.92 Å². The van der Waals surface area contributed by atoms with Crippen LogP contribution in [0.5, 0.6) is 0 Å². The summed E-state index contributed by atoms with van der Waals surface area (Å²) in [6.45, 7) is 4.27. The predicted molar refractivity (Wildman–Crippen MR) is 64.6 cm³/mol. The van der Waals surface area contributed by atoms with Crippen LogP contribution in [0.2, 0.25) is 0 Å². The highest BCUT2D eigenvalue weighted by atomic mass is 16.5. The van der Waals surface area contributed by atoms with E-state index in [0.717, 1.165) is 25.9 Å². The number of nitrogens with zero attached hydrogens (tertiary/aromatic N) is 2. The number of likely N-dealkylation sites (tertiary alicyclic amines) is 1. The van der Waals surface area contributed by atoms with Crippen LogP contribution in [0.25, 0.3) is 0 Å². The Morgan fingerprint density at radius 2 is 1.94 bits per heavy atom. The molecule has 0 aromatic heterocycles. The van der Waals surface area contributed by atoms with E-state index in [0.29, 0.717) is 12.5 Å². The maximum atomic E-state index is 12.0. The van der Waals surface area contributed by atoms with Gasteiger partial charge in [-0.3, -0.25) is 4.79 Å². The Balaban J connectivity index is 2.33. The number of urea groups is 1. The van der Waals surface area contributed by atoms with E-state index in [4.69, 9.17) is 0 Å². The molecule has 1 rings (SSSR count). The molecular weight excluding hydrogens is 220 g/mol. The average molecular weight is 242 g/mol. The highest BCUT2D eigenvalue weighted by Crippen LogP contribution is 2.16. The third kappa shape index (κ3) is 4.24. The molecule has 0 radical (unpaired) electrons. The van der Waals surface area contributed by atoms with Crippen LogP contribution < -0.4 is 0 Å². The summed E-state index contributed by atoms with van der Waals surface area (Å²) in [5.74, 6) is 0.427. The lowest BCUT2D eigenvalue weighted by Crippen LogP contribution is -2.45. The summed E-state index contributed by atoms with van der Waals surface area (Å²) in [6, 6.07) is 0.0146. The number of rotatable bonds is 3. The van der Waals surface area contributed by atoms with Gasteiger partial charge in [0.05, 0.1) is 13.5 Å². The van der Waals surface area contributed by atoms with Crippen LogP contribution in [0.15, 0.2) is 0 Å². The van der Waals surface area contributed by atoms with Crippen molar-refractivity contribution in [3.8, 4) is 0 Å². The van der Waals surface area contributed by atoms with E-state index in [1.807, 2.05) is 4.90 Å². The quantitative estimate of drug-likeness (QED) is 0.702. The van der Waals surface area contributed by atoms with E-state index in [-0.39, 0.29) is 18.4 Å². The minimum atomic E-state index is -0.281. The van der Waals surface area contributed by atoms with Crippen molar-refractivity contribution in [1.29, 1.82) is 0 Å². The second kappa shape index (κ2) is 6.47. The number of amides is 2. The van der Waals surface area contributed by atoms with Crippen LogP contribution in [-0.4, -0.2) is 55.6 Å². The molecule has 1 heterocycles. The molecule has 1 fully saturated rings. The van der Waals surface area contributed by atoms with Gasteiger partial charge in [-0.15, -0.1) is 0 Å². The van der Waals surface area contributed by atoms with Gasteiger partial charge in [-0.2, -0.15) is 0 Å². The fourth-order valence-electron chi connectivity index (χ4n) is 1.90. The molecule has 98 valence electrons. The average Bonchev–Trinajstić information content (AvgIpc) is 2.35. The van der Waals surface area contributed by atoms with Crippen molar-refractivity contribution in [2.24, 2.45) is 5.92 Å². The van der Waals surface area contributed by atoms with Gasteiger partial charge in [0.15, 0.2) is 0 Å². The first-order chi connectivity index (χ1) is 8.04. The van der Waals surface area contributed by atoms with Crippen molar-refractivity contribution < 1.29 is 14.3 Å². The van der Waals surface area contributed by atoms with E-state index in [2.05, 4.69) is 11.7 Å². The van der Waals surface area contributed by atoms with E-state index >= 15 is 0 Å². The maximum absolute atomic E-state index is 12.0. The zero-order valence-corrected chi connectivity index (χ0v) is 10.9. The van der Waals surface area contributed by atoms with Gasteiger partial charge >= 0.3 is 12.0 Å². The van der Waals surface area contributed by atoms with Gasteiger partial charge in [0.25, 0.3) is 0 Å². The monoisotopic (exact) mass is 242 g/mol. The lowest BCUT2D eigenvalue weighted by molar-refractivity contribution is -0.140. The van der Waals surface area contributed by atoms with Gasteiger partial charge in [-0.25, -0.2) is 4.79 Å². The van der Waals surface area contributed by atoms with Crippen molar-refractivity contribution >= 4 is 12.0 Å². The standard InChI is InChI=1S/C12H22N2O3/c1-10-4-8-14(9-5-10)12(16)13(2)7-6-11(15)17-3/h10H,4-9H2,1-3H3. The summed E-state index contributed by atoms with van der Waals surface area (Å²) in [6.07, 6.45) is 2.39. The van der Waals surface area contributed by atoms with E-state index in [1.54, 1.807) is 11.9 Å². The number of esters is 1. The SMILES string of the molecule is COC(=O)CCN(C)C(=O)N1CCC(C)CC1. The van der Waals surface area contributed by atoms with Crippen LogP contribution in [0.3, 0.4) is 0 Å². The number of piperidine rings is 1. The van der Waals surface area contributed by atoms with Crippen molar-refractivity contribution in [2.75, 3.05) is 33.8 Å². The molecule has 0 atom stereocenters. The normalized spacial score (nSPS) is 16.8. The van der Waals surface area contributed by atoms with E-state index in [1.165, 1.54) is 7.11 Å². The van der Waals surface area contributed by atoms with Crippen molar-refractivity contribution in [3.05, 3.63) is 0 Å². The molecule has 2 amide bonds. The zero-order valence-electron chi connectivity index (χ0n) is 10.9. The minimum Gasteiger partial charge on any atom is -0.469 e. The fraction of sp³-hybridized carbons (Fsp3) is 0.833. The van der Waals surface area contributed by atoms with Crippen LogP contribution in [0.4, 0.5) is 4.79 Å². The summed E-state index contributed by atoms with van der Waals surface area (Å²) in [4.78, 5) is 26.4. The highest BCUT2D eigenvalue weighted by Gasteiger charge is 2.22. The summed E-state index contributed by atoms with van der Waals surface area (Å²) < 4.78 is 4.55. The lowest BCUT2D eigenvalue weighted by Gasteiger charge is -2.33. The molecule has 0 aliphatic carbocycles. The van der Waals surface area contributed by atoms with Gasteiger partial charge in [0, 0.05) is 26.7 Å². The van der Waals surface area contributed by atoms with Crippen molar-refractivity contribution in [2.45, 2.75) is 26.2 Å². The Hall–Kier alpha value is -1.26. The van der Waals surface area contributed by atoms with E-state index < -0.39 is 0 Å². The Labute approximate surface area is 103 Å². The van der Waals surface area contributed by atoms with Gasteiger partial charge in [0.1, 0.15) is 0 Å². The molecule has 1 aliphatic rings. The molecule has 5 heteroatoms. The summed E-state index contributed by atoms with van der Waals surface area (Å²) in [5, 5.41) is 0. The third-order valence-electron chi connectivity index (χ3n) is 3.26. The first-order valence-electron chi connectivity index (χ1n) is 6.11. The molecule has 0 aromatic carbocycles. The number of carbonyl (C=O) groups excluding carboxylic acids is 2. The topological polar surface area (TPSA) is 49.9 Å². The number of hydrogen-bond acceptors (Lipinski definition) is 3. The number of ether oxygens (including phenoxy) is 1. The summed E-state index contributed by atoms with van der Waals surface area (Å²) >= 11 is 0. The van der Waals surface area contributed by atoms with Crippen molar-refractivity contribution in [1.82, 2.24) is 9.80 Å². The Morgan fingerprint density at radius 3 is 2.47 bits per heavy atom. The van der Waals surface area contributed by atoms with Crippen LogP contribution in [0, 0.1) is 5.92 Å². The molecule has 5 nitrogen and oxygen atoms in total. The van der Waals surface area contributed by atoms with Gasteiger partial charge < -0.3 is 14.5 Å². The predicted octanol–water partition coefficient (Wildman–Crippen LogP) is 1.33. The van der Waals surface area contributed by atoms with Crippen molar-refractivity contribution in [3.63, 3.8) is 0 Å². The molecular formula is C12H22N2O3. The van der Waals surface area contributed by atoms with Crippen LogP contribution in [-0.2, 0) is 9.53 Å².